The smallest absolute Gasteiger partial charge is 0.263 e. The van der Waals surface area contributed by atoms with Gasteiger partial charge in [0.05, 0.1) is 11.2 Å². The lowest BCUT2D eigenvalue weighted by molar-refractivity contribution is 0.0954. The molecule has 0 aliphatic rings. The van der Waals surface area contributed by atoms with Gasteiger partial charge in [-0.2, -0.15) is 0 Å². The van der Waals surface area contributed by atoms with Crippen molar-refractivity contribution in [3.63, 3.8) is 0 Å². The fraction of sp³-hybridized carbons (Fsp3) is 0.231. The Balaban J connectivity index is 2.03. The lowest BCUT2D eigenvalue weighted by Crippen LogP contribution is -2.23. The second-order valence-electron chi connectivity index (χ2n) is 3.76. The summed E-state index contributed by atoms with van der Waals surface area (Å²) >= 11 is 7.40. The SMILES string of the molecule is CCc1ncsc1C(=O)NCc1ccccc1Cl. The van der Waals surface area contributed by atoms with Crippen LogP contribution < -0.4 is 5.32 Å². The van der Waals surface area contributed by atoms with E-state index >= 15 is 0 Å². The zero-order valence-corrected chi connectivity index (χ0v) is 11.5. The highest BCUT2D eigenvalue weighted by molar-refractivity contribution is 7.11. The first-order valence-corrected chi connectivity index (χ1v) is 6.92. The van der Waals surface area contributed by atoms with Gasteiger partial charge in [0.1, 0.15) is 4.88 Å². The van der Waals surface area contributed by atoms with Gasteiger partial charge in [0.2, 0.25) is 0 Å². The molecule has 0 radical (unpaired) electrons. The lowest BCUT2D eigenvalue weighted by atomic mass is 10.2. The van der Waals surface area contributed by atoms with Gasteiger partial charge in [-0.15, -0.1) is 11.3 Å². The monoisotopic (exact) mass is 280 g/mol. The Morgan fingerprint density at radius 1 is 1.44 bits per heavy atom. The summed E-state index contributed by atoms with van der Waals surface area (Å²) in [5.41, 5.74) is 3.45. The molecule has 0 aliphatic carbocycles. The van der Waals surface area contributed by atoms with Crippen molar-refractivity contribution in [3.8, 4) is 0 Å². The van der Waals surface area contributed by atoms with Crippen LogP contribution in [0.1, 0.15) is 27.9 Å². The Labute approximate surface area is 115 Å². The average molecular weight is 281 g/mol. The van der Waals surface area contributed by atoms with E-state index in [9.17, 15) is 4.79 Å². The van der Waals surface area contributed by atoms with Crippen LogP contribution >= 0.6 is 22.9 Å². The summed E-state index contributed by atoms with van der Waals surface area (Å²) < 4.78 is 0. The Hall–Kier alpha value is -1.39. The van der Waals surface area contributed by atoms with Crippen molar-refractivity contribution in [2.24, 2.45) is 0 Å². The zero-order valence-electron chi connectivity index (χ0n) is 9.94. The number of nitrogens with zero attached hydrogens (tertiary/aromatic N) is 1. The van der Waals surface area contributed by atoms with Crippen molar-refractivity contribution < 1.29 is 4.79 Å². The molecule has 94 valence electrons. The van der Waals surface area contributed by atoms with E-state index in [2.05, 4.69) is 10.3 Å². The fourth-order valence-corrected chi connectivity index (χ4v) is 2.60. The van der Waals surface area contributed by atoms with Crippen LogP contribution in [0.3, 0.4) is 0 Å². The van der Waals surface area contributed by atoms with E-state index in [0.29, 0.717) is 16.4 Å². The number of carbonyl (C=O) groups is 1. The minimum atomic E-state index is -0.0886. The van der Waals surface area contributed by atoms with Crippen LogP contribution in [0.25, 0.3) is 0 Å². The number of carbonyl (C=O) groups excluding carboxylic acids is 1. The molecule has 1 N–H and O–H groups in total. The molecule has 0 saturated heterocycles. The highest BCUT2D eigenvalue weighted by atomic mass is 35.5. The van der Waals surface area contributed by atoms with Gasteiger partial charge in [-0.3, -0.25) is 4.79 Å². The largest absolute Gasteiger partial charge is 0.347 e. The molecule has 0 aliphatic heterocycles. The topological polar surface area (TPSA) is 42.0 Å². The van der Waals surface area contributed by atoms with Crippen LogP contribution in [-0.4, -0.2) is 10.9 Å². The Bertz CT molecular complexity index is 553. The average Bonchev–Trinajstić information content (AvgIpc) is 2.86. The van der Waals surface area contributed by atoms with Gasteiger partial charge in [-0.05, 0) is 18.1 Å². The fourth-order valence-electron chi connectivity index (χ4n) is 1.60. The number of thiazole rings is 1. The summed E-state index contributed by atoms with van der Waals surface area (Å²) in [7, 11) is 0. The summed E-state index contributed by atoms with van der Waals surface area (Å²) in [5, 5.41) is 3.53. The van der Waals surface area contributed by atoms with Crippen LogP contribution in [0, 0.1) is 0 Å². The van der Waals surface area contributed by atoms with Gasteiger partial charge < -0.3 is 5.32 Å². The van der Waals surface area contributed by atoms with Crippen molar-refractivity contribution >= 4 is 28.8 Å². The van der Waals surface area contributed by atoms with Crippen molar-refractivity contribution in [2.45, 2.75) is 19.9 Å². The highest BCUT2D eigenvalue weighted by Crippen LogP contribution is 2.16. The van der Waals surface area contributed by atoms with Crippen molar-refractivity contribution in [2.75, 3.05) is 0 Å². The van der Waals surface area contributed by atoms with E-state index in [-0.39, 0.29) is 5.91 Å². The third-order valence-corrected chi connectivity index (χ3v) is 3.82. The maximum atomic E-state index is 12.0. The first-order valence-electron chi connectivity index (χ1n) is 5.66. The molecule has 0 unspecified atom stereocenters. The quantitative estimate of drug-likeness (QED) is 0.934. The molecule has 2 aromatic rings. The molecular formula is C13H13ClN2OS. The van der Waals surface area contributed by atoms with Crippen molar-refractivity contribution in [1.82, 2.24) is 10.3 Å². The zero-order chi connectivity index (χ0) is 13.0. The van der Waals surface area contributed by atoms with Crippen molar-refractivity contribution in [1.29, 1.82) is 0 Å². The molecule has 0 bridgehead atoms. The van der Waals surface area contributed by atoms with Crippen LogP contribution in [-0.2, 0) is 13.0 Å². The van der Waals surface area contributed by atoms with Crippen LogP contribution in [0.5, 0.6) is 0 Å². The summed E-state index contributed by atoms with van der Waals surface area (Å²) in [6, 6.07) is 7.48. The molecule has 1 aromatic carbocycles. The molecule has 0 saturated carbocycles. The first kappa shape index (κ1) is 13.1. The molecule has 0 fully saturated rings. The molecule has 0 spiro atoms. The minimum Gasteiger partial charge on any atom is -0.347 e. The molecule has 0 atom stereocenters. The summed E-state index contributed by atoms with van der Waals surface area (Å²) in [5.74, 6) is -0.0886. The van der Waals surface area contributed by atoms with Crippen LogP contribution in [0.2, 0.25) is 5.02 Å². The van der Waals surface area contributed by atoms with E-state index in [4.69, 9.17) is 11.6 Å². The van der Waals surface area contributed by atoms with Gasteiger partial charge in [0.25, 0.3) is 5.91 Å². The third kappa shape index (κ3) is 2.89. The molecular weight excluding hydrogens is 268 g/mol. The maximum absolute atomic E-state index is 12.0. The van der Waals surface area contributed by atoms with E-state index in [1.54, 1.807) is 5.51 Å². The second kappa shape index (κ2) is 5.98. The molecule has 3 nitrogen and oxygen atoms in total. The van der Waals surface area contributed by atoms with Gasteiger partial charge in [0.15, 0.2) is 0 Å². The van der Waals surface area contributed by atoms with E-state index in [0.717, 1.165) is 17.7 Å². The molecule has 5 heteroatoms. The van der Waals surface area contributed by atoms with Gasteiger partial charge in [0, 0.05) is 11.6 Å². The molecule has 1 amide bonds. The standard InChI is InChI=1S/C13H13ClN2OS/c1-2-11-12(18-8-16-11)13(17)15-7-9-5-3-4-6-10(9)14/h3-6,8H,2,7H2,1H3,(H,15,17). The number of benzene rings is 1. The number of aryl methyl sites for hydroxylation is 1. The van der Waals surface area contributed by atoms with Crippen LogP contribution in [0.15, 0.2) is 29.8 Å². The maximum Gasteiger partial charge on any atom is 0.263 e. The number of hydrogen-bond donors (Lipinski definition) is 1. The second-order valence-corrected chi connectivity index (χ2v) is 5.02. The van der Waals surface area contributed by atoms with E-state index in [1.165, 1.54) is 11.3 Å². The summed E-state index contributed by atoms with van der Waals surface area (Å²) in [4.78, 5) is 16.8. The number of aromatic nitrogens is 1. The Kier molecular flexibility index (Phi) is 4.33. The number of hydrogen-bond acceptors (Lipinski definition) is 3. The number of halogens is 1. The Morgan fingerprint density at radius 3 is 2.94 bits per heavy atom. The van der Waals surface area contributed by atoms with Gasteiger partial charge in [-0.25, -0.2) is 4.98 Å². The Morgan fingerprint density at radius 2 is 2.22 bits per heavy atom. The van der Waals surface area contributed by atoms with E-state index in [1.807, 2.05) is 31.2 Å². The lowest BCUT2D eigenvalue weighted by Gasteiger charge is -2.06. The number of rotatable bonds is 4. The predicted octanol–water partition coefficient (Wildman–Crippen LogP) is 3.29. The predicted molar refractivity (Wildman–Crippen MR) is 74.1 cm³/mol. The normalized spacial score (nSPS) is 10.3. The third-order valence-electron chi connectivity index (χ3n) is 2.58. The molecule has 1 aromatic heterocycles. The van der Waals surface area contributed by atoms with Gasteiger partial charge >= 0.3 is 0 Å². The van der Waals surface area contributed by atoms with E-state index < -0.39 is 0 Å². The van der Waals surface area contributed by atoms with Crippen molar-refractivity contribution in [3.05, 3.63) is 50.9 Å². The molecule has 1 heterocycles. The summed E-state index contributed by atoms with van der Waals surface area (Å²) in [6.07, 6.45) is 0.762. The number of nitrogens with one attached hydrogen (secondary N) is 1. The molecule has 2 rings (SSSR count). The van der Waals surface area contributed by atoms with Gasteiger partial charge in [-0.1, -0.05) is 36.7 Å². The first-order chi connectivity index (χ1) is 8.72. The summed E-state index contributed by atoms with van der Waals surface area (Å²) in [6.45, 7) is 2.42. The highest BCUT2D eigenvalue weighted by Gasteiger charge is 2.13. The van der Waals surface area contributed by atoms with Crippen LogP contribution in [0.4, 0.5) is 0 Å². The minimum absolute atomic E-state index is 0.0886. The molecule has 18 heavy (non-hydrogen) atoms. The number of amides is 1.